The van der Waals surface area contributed by atoms with E-state index in [4.69, 9.17) is 0 Å². The van der Waals surface area contributed by atoms with Crippen molar-refractivity contribution in [2.75, 3.05) is 10.6 Å². The van der Waals surface area contributed by atoms with E-state index in [0.29, 0.717) is 11.4 Å². The molecule has 0 atom stereocenters. The van der Waals surface area contributed by atoms with Crippen molar-refractivity contribution in [3.8, 4) is 0 Å². The molecular weight excluding hydrogens is 278 g/mol. The summed E-state index contributed by atoms with van der Waals surface area (Å²) in [6.45, 7) is 1.38. The van der Waals surface area contributed by atoms with Crippen LogP contribution in [0.25, 0.3) is 0 Å². The van der Waals surface area contributed by atoms with E-state index in [2.05, 4.69) is 10.6 Å². The molecule has 0 aromatic heterocycles. The summed E-state index contributed by atoms with van der Waals surface area (Å²) >= 11 is 0. The van der Waals surface area contributed by atoms with Gasteiger partial charge in [-0.2, -0.15) is 0 Å². The normalized spacial score (nSPS) is 10.0. The minimum absolute atomic E-state index is 0.214. The summed E-state index contributed by atoms with van der Waals surface area (Å²) in [7, 11) is 0. The zero-order chi connectivity index (χ0) is 15.4. The Balaban J connectivity index is 2.12. The van der Waals surface area contributed by atoms with Gasteiger partial charge in [-0.05, 0) is 36.4 Å². The first-order valence-electron chi connectivity index (χ1n) is 6.10. The Morgan fingerprint density at radius 3 is 2.05 bits per heavy atom. The lowest BCUT2D eigenvalue weighted by Gasteiger charge is -2.08. The van der Waals surface area contributed by atoms with Crippen LogP contribution in [0.3, 0.4) is 0 Å². The van der Waals surface area contributed by atoms with Crippen LogP contribution in [0, 0.1) is 11.6 Å². The maximum absolute atomic E-state index is 13.5. The number of carbonyl (C=O) groups is 2. The maximum atomic E-state index is 13.5. The Morgan fingerprint density at radius 1 is 0.905 bits per heavy atom. The molecule has 108 valence electrons. The van der Waals surface area contributed by atoms with E-state index in [9.17, 15) is 18.4 Å². The quantitative estimate of drug-likeness (QED) is 0.912. The number of rotatable bonds is 3. The molecule has 21 heavy (non-hydrogen) atoms. The van der Waals surface area contributed by atoms with Gasteiger partial charge >= 0.3 is 0 Å². The first-order valence-corrected chi connectivity index (χ1v) is 6.10. The molecule has 2 rings (SSSR count). The van der Waals surface area contributed by atoms with Crippen molar-refractivity contribution < 1.29 is 18.4 Å². The molecule has 0 bridgehead atoms. The van der Waals surface area contributed by atoms with Gasteiger partial charge in [0.15, 0.2) is 11.6 Å². The average Bonchev–Trinajstić information content (AvgIpc) is 2.43. The van der Waals surface area contributed by atoms with E-state index in [1.165, 1.54) is 19.1 Å². The Labute approximate surface area is 119 Å². The average molecular weight is 290 g/mol. The Morgan fingerprint density at radius 2 is 1.48 bits per heavy atom. The summed E-state index contributed by atoms with van der Waals surface area (Å²) in [5.41, 5.74) is 0.594. The second-order valence-corrected chi connectivity index (χ2v) is 4.31. The number of hydrogen-bond donors (Lipinski definition) is 2. The molecule has 0 fully saturated rings. The van der Waals surface area contributed by atoms with Crippen molar-refractivity contribution in [1.82, 2.24) is 0 Å². The molecule has 0 aliphatic rings. The molecule has 2 N–H and O–H groups in total. The predicted octanol–water partition coefficient (Wildman–Crippen LogP) is 3.18. The highest BCUT2D eigenvalue weighted by molar-refractivity contribution is 6.04. The number of halogens is 2. The van der Waals surface area contributed by atoms with Crippen LogP contribution in [0.5, 0.6) is 0 Å². The smallest absolute Gasteiger partial charge is 0.258 e. The van der Waals surface area contributed by atoms with E-state index < -0.39 is 17.5 Å². The number of benzene rings is 2. The molecule has 0 unspecified atom stereocenters. The molecule has 2 aromatic rings. The molecular formula is C15H12F2N2O2. The fourth-order valence-corrected chi connectivity index (χ4v) is 1.72. The topological polar surface area (TPSA) is 58.2 Å². The van der Waals surface area contributed by atoms with Crippen molar-refractivity contribution in [2.24, 2.45) is 0 Å². The van der Waals surface area contributed by atoms with Gasteiger partial charge in [0.2, 0.25) is 5.91 Å². The largest absolute Gasteiger partial charge is 0.326 e. The van der Waals surface area contributed by atoms with Gasteiger partial charge in [-0.15, -0.1) is 0 Å². The van der Waals surface area contributed by atoms with Gasteiger partial charge in [-0.1, -0.05) is 6.07 Å². The molecule has 0 aliphatic carbocycles. The summed E-state index contributed by atoms with van der Waals surface area (Å²) in [6.07, 6.45) is 0. The van der Waals surface area contributed by atoms with Crippen molar-refractivity contribution >= 4 is 23.2 Å². The first kappa shape index (κ1) is 14.6. The number of nitrogens with one attached hydrogen (secondary N) is 2. The number of carbonyl (C=O) groups excluding carboxylic acids is 2. The summed E-state index contributed by atoms with van der Waals surface area (Å²) in [5, 5.41) is 5.02. The summed E-state index contributed by atoms with van der Waals surface area (Å²) in [5.74, 6) is -3.23. The molecule has 4 nitrogen and oxygen atoms in total. The van der Waals surface area contributed by atoms with Gasteiger partial charge in [-0.25, -0.2) is 8.78 Å². The zero-order valence-corrected chi connectivity index (χ0v) is 11.1. The minimum Gasteiger partial charge on any atom is -0.326 e. The van der Waals surface area contributed by atoms with Gasteiger partial charge in [-0.3, -0.25) is 9.59 Å². The van der Waals surface area contributed by atoms with Crippen LogP contribution >= 0.6 is 0 Å². The fraction of sp³-hybridized carbons (Fsp3) is 0.0667. The standard InChI is InChI=1S/C15H12F2N2O2/c1-9(20)18-10-5-7-11(8-6-10)19-15(21)12-3-2-4-13(16)14(12)17/h2-8H,1H3,(H,18,20)(H,19,21). The molecule has 0 radical (unpaired) electrons. The predicted molar refractivity (Wildman–Crippen MR) is 75.1 cm³/mol. The minimum atomic E-state index is -1.19. The Kier molecular flexibility index (Phi) is 4.27. The lowest BCUT2D eigenvalue weighted by Crippen LogP contribution is -2.14. The van der Waals surface area contributed by atoms with Gasteiger partial charge in [0.25, 0.3) is 5.91 Å². The van der Waals surface area contributed by atoms with Crippen LogP contribution in [-0.4, -0.2) is 11.8 Å². The van der Waals surface area contributed by atoms with Crippen LogP contribution in [0.1, 0.15) is 17.3 Å². The SMILES string of the molecule is CC(=O)Nc1ccc(NC(=O)c2cccc(F)c2F)cc1. The fourth-order valence-electron chi connectivity index (χ4n) is 1.72. The lowest BCUT2D eigenvalue weighted by molar-refractivity contribution is -0.114. The summed E-state index contributed by atoms with van der Waals surface area (Å²) in [6, 6.07) is 9.64. The van der Waals surface area contributed by atoms with E-state index in [1.54, 1.807) is 24.3 Å². The van der Waals surface area contributed by atoms with Gasteiger partial charge in [0, 0.05) is 18.3 Å². The number of hydrogen-bond acceptors (Lipinski definition) is 2. The third-order valence-electron chi connectivity index (χ3n) is 2.66. The van der Waals surface area contributed by atoms with Gasteiger partial charge in [0.1, 0.15) is 0 Å². The molecule has 0 heterocycles. The van der Waals surface area contributed by atoms with Crippen LogP contribution in [0.15, 0.2) is 42.5 Å². The van der Waals surface area contributed by atoms with Crippen LogP contribution < -0.4 is 10.6 Å². The number of amides is 2. The molecule has 2 amide bonds. The third kappa shape index (κ3) is 3.62. The molecule has 0 saturated heterocycles. The van der Waals surface area contributed by atoms with Crippen molar-refractivity contribution in [2.45, 2.75) is 6.92 Å². The monoisotopic (exact) mass is 290 g/mol. The zero-order valence-electron chi connectivity index (χ0n) is 11.1. The van der Waals surface area contributed by atoms with E-state index in [1.807, 2.05) is 0 Å². The van der Waals surface area contributed by atoms with E-state index >= 15 is 0 Å². The molecule has 0 aliphatic heterocycles. The highest BCUT2D eigenvalue weighted by Gasteiger charge is 2.15. The number of anilines is 2. The molecule has 0 spiro atoms. The Bertz CT molecular complexity index is 685. The first-order chi connectivity index (χ1) is 9.97. The van der Waals surface area contributed by atoms with Crippen LogP contribution in [0.2, 0.25) is 0 Å². The van der Waals surface area contributed by atoms with Crippen LogP contribution in [0.4, 0.5) is 20.2 Å². The van der Waals surface area contributed by atoms with Gasteiger partial charge < -0.3 is 10.6 Å². The second kappa shape index (κ2) is 6.13. The third-order valence-corrected chi connectivity index (χ3v) is 2.66. The maximum Gasteiger partial charge on any atom is 0.258 e. The lowest BCUT2D eigenvalue weighted by atomic mass is 10.2. The molecule has 6 heteroatoms. The van der Waals surface area contributed by atoms with E-state index in [0.717, 1.165) is 6.07 Å². The molecule has 0 saturated carbocycles. The van der Waals surface area contributed by atoms with E-state index in [-0.39, 0.29) is 11.5 Å². The van der Waals surface area contributed by atoms with Gasteiger partial charge in [0.05, 0.1) is 5.56 Å². The van der Waals surface area contributed by atoms with Crippen molar-refractivity contribution in [3.05, 3.63) is 59.7 Å². The summed E-state index contributed by atoms with van der Waals surface area (Å²) in [4.78, 5) is 22.7. The van der Waals surface area contributed by atoms with Crippen molar-refractivity contribution in [3.63, 3.8) is 0 Å². The molecule has 2 aromatic carbocycles. The van der Waals surface area contributed by atoms with Crippen LogP contribution in [-0.2, 0) is 4.79 Å². The highest BCUT2D eigenvalue weighted by Crippen LogP contribution is 2.16. The second-order valence-electron chi connectivity index (χ2n) is 4.31. The highest BCUT2D eigenvalue weighted by atomic mass is 19.2. The Hall–Kier alpha value is -2.76. The summed E-state index contributed by atoms with van der Waals surface area (Å²) < 4.78 is 26.5. The van der Waals surface area contributed by atoms with Crippen molar-refractivity contribution in [1.29, 1.82) is 0 Å².